The Balaban J connectivity index is 1.59. The van der Waals surface area contributed by atoms with Gasteiger partial charge in [0.25, 0.3) is 0 Å². The summed E-state index contributed by atoms with van der Waals surface area (Å²) in [5.74, 6) is 0.615. The molecular weight excluding hydrogens is 252 g/mol. The minimum absolute atomic E-state index is 0.00304. The topological polar surface area (TPSA) is 51.2 Å². The summed E-state index contributed by atoms with van der Waals surface area (Å²) >= 11 is 0. The van der Waals surface area contributed by atoms with Gasteiger partial charge in [-0.1, -0.05) is 18.2 Å². The van der Waals surface area contributed by atoms with Gasteiger partial charge in [-0.05, 0) is 37.5 Å². The van der Waals surface area contributed by atoms with Gasteiger partial charge in [-0.3, -0.25) is 4.79 Å². The first-order valence-corrected chi connectivity index (χ1v) is 7.08. The van der Waals surface area contributed by atoms with Crippen LogP contribution < -0.4 is 5.32 Å². The maximum absolute atomic E-state index is 11.9. The van der Waals surface area contributed by atoms with Gasteiger partial charge < -0.3 is 10.1 Å². The van der Waals surface area contributed by atoms with E-state index in [-0.39, 0.29) is 12.0 Å². The molecule has 3 rings (SSSR count). The van der Waals surface area contributed by atoms with E-state index in [1.54, 1.807) is 0 Å². The summed E-state index contributed by atoms with van der Waals surface area (Å²) in [6, 6.07) is 11.7. The average Bonchev–Trinajstić information content (AvgIpc) is 2.98. The highest BCUT2D eigenvalue weighted by molar-refractivity contribution is 5.91. The summed E-state index contributed by atoms with van der Waals surface area (Å²) < 4.78 is 5.52. The predicted octanol–water partition coefficient (Wildman–Crippen LogP) is 3.13. The summed E-state index contributed by atoms with van der Waals surface area (Å²) in [5, 5.41) is 3.93. The molecule has 2 aromatic rings. The second-order valence-electron chi connectivity index (χ2n) is 5.11. The number of aromatic nitrogens is 1. The van der Waals surface area contributed by atoms with Gasteiger partial charge in [0.2, 0.25) is 5.91 Å². The molecule has 2 heterocycles. The quantitative estimate of drug-likeness (QED) is 0.928. The summed E-state index contributed by atoms with van der Waals surface area (Å²) in [7, 11) is 0. The molecule has 0 saturated carbocycles. The fourth-order valence-electron chi connectivity index (χ4n) is 2.51. The Kier molecular flexibility index (Phi) is 3.92. The molecule has 0 aliphatic carbocycles. The molecule has 4 nitrogen and oxygen atoms in total. The largest absolute Gasteiger partial charge is 0.378 e. The lowest BCUT2D eigenvalue weighted by Crippen LogP contribution is -2.15. The molecule has 4 heteroatoms. The lowest BCUT2D eigenvalue weighted by atomic mass is 10.1. The maximum Gasteiger partial charge on any atom is 0.225 e. The highest BCUT2D eigenvalue weighted by Crippen LogP contribution is 2.18. The van der Waals surface area contributed by atoms with Crippen molar-refractivity contribution in [3.8, 4) is 0 Å². The first-order chi connectivity index (χ1) is 9.81. The van der Waals surface area contributed by atoms with E-state index in [4.69, 9.17) is 4.74 Å². The van der Waals surface area contributed by atoms with Gasteiger partial charge in [-0.2, -0.15) is 0 Å². The summed E-state index contributed by atoms with van der Waals surface area (Å²) in [5.41, 5.74) is 0.893. The SMILES string of the molecule is O=C(CCC1CCCO1)Nc1ccc2ccccc2n1. The Morgan fingerprint density at radius 2 is 2.20 bits per heavy atom. The van der Waals surface area contributed by atoms with Crippen LogP contribution in [0.1, 0.15) is 25.7 Å². The van der Waals surface area contributed by atoms with Crippen molar-refractivity contribution < 1.29 is 9.53 Å². The number of anilines is 1. The monoisotopic (exact) mass is 270 g/mol. The number of carbonyl (C=O) groups is 1. The Hall–Kier alpha value is -1.94. The highest BCUT2D eigenvalue weighted by Gasteiger charge is 2.16. The first kappa shape index (κ1) is 13.1. The summed E-state index contributed by atoms with van der Waals surface area (Å²) in [6.07, 6.45) is 3.71. The molecule has 104 valence electrons. The zero-order chi connectivity index (χ0) is 13.8. The van der Waals surface area contributed by atoms with Crippen molar-refractivity contribution in [1.82, 2.24) is 4.98 Å². The molecule has 0 spiro atoms. The van der Waals surface area contributed by atoms with Crippen LogP contribution in [0.4, 0.5) is 5.82 Å². The number of rotatable bonds is 4. The van der Waals surface area contributed by atoms with Gasteiger partial charge in [0.15, 0.2) is 0 Å². The minimum Gasteiger partial charge on any atom is -0.378 e. The van der Waals surface area contributed by atoms with Crippen LogP contribution in [0.15, 0.2) is 36.4 Å². The van der Waals surface area contributed by atoms with Gasteiger partial charge >= 0.3 is 0 Å². The number of fused-ring (bicyclic) bond motifs is 1. The Bertz CT molecular complexity index is 606. The first-order valence-electron chi connectivity index (χ1n) is 7.08. The van der Waals surface area contributed by atoms with E-state index >= 15 is 0 Å². The van der Waals surface area contributed by atoms with Crippen molar-refractivity contribution in [1.29, 1.82) is 0 Å². The molecule has 1 aliphatic heterocycles. The number of hydrogen-bond acceptors (Lipinski definition) is 3. The number of benzene rings is 1. The third-order valence-corrected chi connectivity index (χ3v) is 3.58. The lowest BCUT2D eigenvalue weighted by Gasteiger charge is -2.09. The van der Waals surface area contributed by atoms with Crippen molar-refractivity contribution in [3.05, 3.63) is 36.4 Å². The van der Waals surface area contributed by atoms with E-state index in [0.29, 0.717) is 12.2 Å². The molecule has 1 aliphatic rings. The molecular formula is C16H18N2O2. The summed E-state index contributed by atoms with van der Waals surface area (Å²) in [6.45, 7) is 0.832. The molecule has 1 saturated heterocycles. The van der Waals surface area contributed by atoms with E-state index in [1.165, 1.54) is 0 Å². The van der Waals surface area contributed by atoms with Gasteiger partial charge in [-0.25, -0.2) is 4.98 Å². The number of amides is 1. The van der Waals surface area contributed by atoms with Crippen LogP contribution >= 0.6 is 0 Å². The minimum atomic E-state index is 0.00304. The number of hydrogen-bond donors (Lipinski definition) is 1. The van der Waals surface area contributed by atoms with Gasteiger partial charge in [0.05, 0.1) is 11.6 Å². The molecule has 20 heavy (non-hydrogen) atoms. The van der Waals surface area contributed by atoms with Crippen LogP contribution in [-0.2, 0) is 9.53 Å². The normalized spacial score (nSPS) is 18.3. The summed E-state index contributed by atoms with van der Waals surface area (Å²) in [4.78, 5) is 16.3. The number of carbonyl (C=O) groups excluding carboxylic acids is 1. The highest BCUT2D eigenvalue weighted by atomic mass is 16.5. The standard InChI is InChI=1S/C16H18N2O2/c19-16(10-8-13-5-3-11-20-13)18-15-9-7-12-4-1-2-6-14(12)17-15/h1-2,4,6-7,9,13H,3,5,8,10-11H2,(H,17,18,19). The van der Waals surface area contributed by atoms with Crippen molar-refractivity contribution in [2.75, 3.05) is 11.9 Å². The van der Waals surface area contributed by atoms with Crippen molar-refractivity contribution in [2.45, 2.75) is 31.8 Å². The van der Waals surface area contributed by atoms with Crippen LogP contribution in [-0.4, -0.2) is 23.6 Å². The van der Waals surface area contributed by atoms with Crippen molar-refractivity contribution in [3.63, 3.8) is 0 Å². The third-order valence-electron chi connectivity index (χ3n) is 3.58. The number of ether oxygens (including phenoxy) is 1. The van der Waals surface area contributed by atoms with Crippen LogP contribution in [0.5, 0.6) is 0 Å². The zero-order valence-electron chi connectivity index (χ0n) is 11.3. The van der Waals surface area contributed by atoms with Crippen LogP contribution in [0.3, 0.4) is 0 Å². The number of nitrogens with one attached hydrogen (secondary N) is 1. The van der Waals surface area contributed by atoms with E-state index < -0.39 is 0 Å². The van der Waals surface area contributed by atoms with Crippen LogP contribution in [0.25, 0.3) is 10.9 Å². The van der Waals surface area contributed by atoms with Crippen molar-refractivity contribution >= 4 is 22.6 Å². The molecule has 1 fully saturated rings. The fraction of sp³-hybridized carbons (Fsp3) is 0.375. The van der Waals surface area contributed by atoms with E-state index in [0.717, 1.165) is 36.8 Å². The van der Waals surface area contributed by atoms with Gasteiger partial charge in [0, 0.05) is 18.4 Å². The molecule has 1 aromatic heterocycles. The van der Waals surface area contributed by atoms with E-state index in [9.17, 15) is 4.79 Å². The van der Waals surface area contributed by atoms with Gasteiger partial charge in [0.1, 0.15) is 5.82 Å². The Morgan fingerprint density at radius 1 is 1.30 bits per heavy atom. The Labute approximate surface area is 118 Å². The number of para-hydroxylation sites is 1. The lowest BCUT2D eigenvalue weighted by molar-refractivity contribution is -0.116. The molecule has 0 bridgehead atoms. The van der Waals surface area contributed by atoms with Gasteiger partial charge in [-0.15, -0.1) is 0 Å². The molecule has 1 N–H and O–H groups in total. The van der Waals surface area contributed by atoms with Crippen LogP contribution in [0, 0.1) is 0 Å². The number of nitrogens with zero attached hydrogens (tertiary/aromatic N) is 1. The van der Waals surface area contributed by atoms with Crippen molar-refractivity contribution in [2.24, 2.45) is 0 Å². The van der Waals surface area contributed by atoms with E-state index in [2.05, 4.69) is 10.3 Å². The molecule has 1 amide bonds. The van der Waals surface area contributed by atoms with Crippen LogP contribution in [0.2, 0.25) is 0 Å². The van der Waals surface area contributed by atoms with E-state index in [1.807, 2.05) is 36.4 Å². The zero-order valence-corrected chi connectivity index (χ0v) is 11.3. The smallest absolute Gasteiger partial charge is 0.225 e. The molecule has 1 atom stereocenters. The Morgan fingerprint density at radius 3 is 3.05 bits per heavy atom. The second kappa shape index (κ2) is 6.01. The second-order valence-corrected chi connectivity index (χ2v) is 5.11. The molecule has 1 unspecified atom stereocenters. The third kappa shape index (κ3) is 3.14. The predicted molar refractivity (Wildman–Crippen MR) is 78.6 cm³/mol. The maximum atomic E-state index is 11.9. The molecule has 1 aromatic carbocycles. The average molecular weight is 270 g/mol. The molecule has 0 radical (unpaired) electrons. The fourth-order valence-corrected chi connectivity index (χ4v) is 2.51. The number of pyridine rings is 1.